The van der Waals surface area contributed by atoms with Crippen LogP contribution in [-0.4, -0.2) is 0 Å². The van der Waals surface area contributed by atoms with E-state index in [2.05, 4.69) is 145 Å². The zero-order valence-electron chi connectivity index (χ0n) is 29.9. The van der Waals surface area contributed by atoms with E-state index in [0.29, 0.717) is 11.3 Å². The van der Waals surface area contributed by atoms with Crippen molar-refractivity contribution in [2.24, 2.45) is 0 Å². The second kappa shape index (κ2) is 13.3. The summed E-state index contributed by atoms with van der Waals surface area (Å²) in [5.74, 6) is 0. The number of nitriles is 1. The molecule has 4 heteroatoms. The summed E-state index contributed by atoms with van der Waals surface area (Å²) in [6, 6.07) is 49.5. The Morgan fingerprint density at radius 3 is 1.25 bits per heavy atom. The van der Waals surface area contributed by atoms with Crippen LogP contribution < -0.4 is 9.80 Å². The lowest BCUT2D eigenvalue weighted by Crippen LogP contribution is -2.12. The Morgan fingerprint density at radius 2 is 0.885 bits per heavy atom. The van der Waals surface area contributed by atoms with E-state index >= 15 is 0 Å². The van der Waals surface area contributed by atoms with Crippen LogP contribution >= 0.6 is 0 Å². The lowest BCUT2D eigenvalue weighted by molar-refractivity contribution is 1.14. The van der Waals surface area contributed by atoms with Gasteiger partial charge >= 0.3 is 0 Å². The summed E-state index contributed by atoms with van der Waals surface area (Å²) in [6.45, 7) is 16.3. The van der Waals surface area contributed by atoms with Gasteiger partial charge in [-0.15, -0.1) is 0 Å². The number of rotatable bonds is 8. The van der Waals surface area contributed by atoms with E-state index in [9.17, 15) is 5.26 Å². The molecule has 0 heterocycles. The van der Waals surface area contributed by atoms with E-state index in [-0.39, 0.29) is 0 Å². The molecule has 4 nitrogen and oxygen atoms in total. The molecule has 0 saturated heterocycles. The van der Waals surface area contributed by atoms with Crippen molar-refractivity contribution in [3.8, 4) is 6.07 Å². The first-order valence-electron chi connectivity index (χ1n) is 17.9. The summed E-state index contributed by atoms with van der Waals surface area (Å²) >= 11 is 0. The predicted molar refractivity (Wildman–Crippen MR) is 219 cm³/mol. The van der Waals surface area contributed by atoms with Crippen LogP contribution in [0.25, 0.3) is 37.2 Å². The van der Waals surface area contributed by atoms with Gasteiger partial charge in [0.25, 0.3) is 0 Å². The van der Waals surface area contributed by atoms with Gasteiger partial charge in [-0.05, 0) is 143 Å². The van der Waals surface area contributed by atoms with Gasteiger partial charge in [0.2, 0.25) is 0 Å². The number of hydrogen-bond acceptors (Lipinski definition) is 3. The molecule has 0 aliphatic carbocycles. The maximum Gasteiger partial charge on any atom is 0.187 e. The number of hydrogen-bond donors (Lipinski definition) is 0. The van der Waals surface area contributed by atoms with Crippen molar-refractivity contribution >= 4 is 72.1 Å². The molecule has 0 fully saturated rings. The van der Waals surface area contributed by atoms with Crippen molar-refractivity contribution in [2.75, 3.05) is 9.80 Å². The Morgan fingerprint density at radius 1 is 0.519 bits per heavy atom. The van der Waals surface area contributed by atoms with Crippen molar-refractivity contribution in [1.82, 2.24) is 0 Å². The Labute approximate surface area is 305 Å². The minimum atomic E-state index is 0.621. The van der Waals surface area contributed by atoms with Crippen LogP contribution in [-0.2, 0) is 12.8 Å². The molecule has 0 bridgehead atoms. The second-order valence-corrected chi connectivity index (χ2v) is 13.5. The maximum atomic E-state index is 9.59. The summed E-state index contributed by atoms with van der Waals surface area (Å²) in [4.78, 5) is 8.32. The first kappa shape index (κ1) is 32.6. The standard InChI is InChI=1S/C48H38N4/c1-6-33-8-16-37(17-9-33)51(39-20-12-35(30-49)13-21-39)45-28-31(3)41-25-27-44-46(29-32(4)42-24-26-43(45)47(41)48(42)44)52(38-18-10-34(7-2)11-19-38)40-22-14-36(50-5)15-23-40/h8-29H,6-7H2,1-4H3. The molecule has 0 aliphatic heterocycles. The molecule has 0 spiro atoms. The third-order valence-corrected chi connectivity index (χ3v) is 10.4. The minimum Gasteiger partial charge on any atom is -0.310 e. The summed E-state index contributed by atoms with van der Waals surface area (Å²) in [6.07, 6.45) is 1.95. The number of anilines is 6. The summed E-state index contributed by atoms with van der Waals surface area (Å²) in [5, 5.41) is 16.9. The summed E-state index contributed by atoms with van der Waals surface area (Å²) in [7, 11) is 0. The summed E-state index contributed by atoms with van der Waals surface area (Å²) < 4.78 is 0. The molecular formula is C48H38N4. The lowest BCUT2D eigenvalue weighted by atomic mass is 9.88. The number of nitrogens with zero attached hydrogens (tertiary/aromatic N) is 4. The SMILES string of the molecule is [C-]#[N+]c1ccc(N(c2ccc(CC)cc2)c2cc(C)c3ccc4c(N(c5ccc(C#N)cc5)c5ccc(CC)cc5)cc(C)c5ccc2c3c54)cc1. The predicted octanol–water partition coefficient (Wildman–Crippen LogP) is 13.7. The molecule has 0 aliphatic rings. The van der Waals surface area contributed by atoms with Crippen molar-refractivity contribution < 1.29 is 0 Å². The summed E-state index contributed by atoms with van der Waals surface area (Å²) in [5.41, 5.74) is 12.6. The quantitative estimate of drug-likeness (QED) is 0.119. The zero-order valence-corrected chi connectivity index (χ0v) is 29.9. The fourth-order valence-electron chi connectivity index (χ4n) is 7.65. The second-order valence-electron chi connectivity index (χ2n) is 13.5. The van der Waals surface area contributed by atoms with Crippen molar-refractivity contribution in [2.45, 2.75) is 40.5 Å². The van der Waals surface area contributed by atoms with Crippen molar-refractivity contribution in [3.05, 3.63) is 173 Å². The molecule has 250 valence electrons. The highest BCUT2D eigenvalue weighted by atomic mass is 15.1. The van der Waals surface area contributed by atoms with Gasteiger partial charge in [0.1, 0.15) is 0 Å². The Kier molecular flexibility index (Phi) is 8.30. The first-order chi connectivity index (χ1) is 25.4. The van der Waals surface area contributed by atoms with Gasteiger partial charge < -0.3 is 9.80 Å². The third kappa shape index (κ3) is 5.47. The van der Waals surface area contributed by atoms with Crippen molar-refractivity contribution in [3.63, 3.8) is 0 Å². The average molecular weight is 671 g/mol. The third-order valence-electron chi connectivity index (χ3n) is 10.4. The average Bonchev–Trinajstić information content (AvgIpc) is 3.20. The largest absolute Gasteiger partial charge is 0.310 e. The Bertz CT molecular complexity index is 2470. The molecule has 0 atom stereocenters. The van der Waals surface area contributed by atoms with Gasteiger partial charge in [0.15, 0.2) is 5.69 Å². The monoisotopic (exact) mass is 670 g/mol. The van der Waals surface area contributed by atoms with E-state index in [1.165, 1.54) is 54.6 Å². The van der Waals surface area contributed by atoms with E-state index in [1.807, 2.05) is 36.4 Å². The van der Waals surface area contributed by atoms with Crippen LogP contribution in [0.1, 0.15) is 41.7 Å². The fourth-order valence-corrected chi connectivity index (χ4v) is 7.65. The molecule has 8 aromatic rings. The Hall–Kier alpha value is -6.62. The topological polar surface area (TPSA) is 34.6 Å². The molecule has 0 saturated carbocycles. The van der Waals surface area contributed by atoms with Gasteiger partial charge in [0.05, 0.1) is 29.6 Å². The van der Waals surface area contributed by atoms with E-state index < -0.39 is 0 Å². The molecule has 8 aromatic carbocycles. The molecule has 0 N–H and O–H groups in total. The lowest BCUT2D eigenvalue weighted by Gasteiger charge is -2.30. The fraction of sp³-hybridized carbons (Fsp3) is 0.125. The molecule has 0 radical (unpaired) electrons. The molecule has 0 aromatic heterocycles. The van der Waals surface area contributed by atoms with Gasteiger partial charge in [-0.3, -0.25) is 0 Å². The van der Waals surface area contributed by atoms with Crippen LogP contribution in [0.15, 0.2) is 133 Å². The minimum absolute atomic E-state index is 0.621. The van der Waals surface area contributed by atoms with Crippen LogP contribution in [0.4, 0.5) is 39.8 Å². The van der Waals surface area contributed by atoms with Crippen LogP contribution in [0, 0.1) is 31.8 Å². The normalized spacial score (nSPS) is 11.2. The highest BCUT2D eigenvalue weighted by Crippen LogP contribution is 2.49. The van der Waals surface area contributed by atoms with Gasteiger partial charge in [-0.2, -0.15) is 5.26 Å². The van der Waals surface area contributed by atoms with E-state index in [4.69, 9.17) is 6.57 Å². The van der Waals surface area contributed by atoms with Crippen LogP contribution in [0.5, 0.6) is 0 Å². The molecule has 0 amide bonds. The molecule has 0 unspecified atom stereocenters. The van der Waals surface area contributed by atoms with Gasteiger partial charge in [0, 0.05) is 33.5 Å². The number of benzene rings is 8. The van der Waals surface area contributed by atoms with Crippen molar-refractivity contribution in [1.29, 1.82) is 5.26 Å². The zero-order chi connectivity index (χ0) is 35.9. The highest BCUT2D eigenvalue weighted by Gasteiger charge is 2.23. The maximum absolute atomic E-state index is 9.59. The van der Waals surface area contributed by atoms with E-state index in [0.717, 1.165) is 47.0 Å². The Balaban J connectivity index is 1.42. The molecule has 52 heavy (non-hydrogen) atoms. The first-order valence-corrected chi connectivity index (χ1v) is 17.9. The number of aryl methyl sites for hydroxylation is 4. The van der Waals surface area contributed by atoms with Crippen LogP contribution in [0.2, 0.25) is 0 Å². The van der Waals surface area contributed by atoms with Crippen LogP contribution in [0.3, 0.4) is 0 Å². The molecule has 8 rings (SSSR count). The molecular weight excluding hydrogens is 633 g/mol. The highest BCUT2D eigenvalue weighted by molar-refractivity contribution is 6.29. The van der Waals surface area contributed by atoms with E-state index in [1.54, 1.807) is 0 Å². The van der Waals surface area contributed by atoms with Gasteiger partial charge in [-0.1, -0.05) is 74.5 Å². The van der Waals surface area contributed by atoms with Gasteiger partial charge in [-0.25, -0.2) is 4.85 Å². The smallest absolute Gasteiger partial charge is 0.187 e.